The molecule has 0 aromatic heterocycles. The monoisotopic (exact) mass is 392 g/mol. The summed E-state index contributed by atoms with van der Waals surface area (Å²) in [6.45, 7) is 2.41. The first-order valence-corrected chi connectivity index (χ1v) is 9.28. The quantitative estimate of drug-likeness (QED) is 0.572. The van der Waals surface area contributed by atoms with Gasteiger partial charge in [0, 0.05) is 24.0 Å². The van der Waals surface area contributed by atoms with E-state index in [1.807, 2.05) is 55.5 Å². The van der Waals surface area contributed by atoms with Crippen molar-refractivity contribution in [2.75, 3.05) is 31.0 Å². The maximum absolute atomic E-state index is 12.8. The van der Waals surface area contributed by atoms with E-state index >= 15 is 0 Å². The first-order valence-electron chi connectivity index (χ1n) is 9.28. The second-order valence-corrected chi connectivity index (χ2v) is 6.15. The number of ether oxygens (including phenoxy) is 3. The number of urea groups is 1. The van der Waals surface area contributed by atoms with Crippen molar-refractivity contribution in [2.45, 2.75) is 6.92 Å². The zero-order valence-electron chi connectivity index (χ0n) is 16.7. The normalized spacial score (nSPS) is 10.2. The molecule has 0 spiro atoms. The molecule has 0 aliphatic carbocycles. The molecule has 3 aromatic rings. The Hall–Kier alpha value is -3.67. The van der Waals surface area contributed by atoms with Gasteiger partial charge in [0.1, 0.15) is 11.5 Å². The summed E-state index contributed by atoms with van der Waals surface area (Å²) in [6, 6.07) is 21.9. The summed E-state index contributed by atoms with van der Waals surface area (Å²) in [6.07, 6.45) is 0. The van der Waals surface area contributed by atoms with Crippen LogP contribution in [0.5, 0.6) is 23.0 Å². The van der Waals surface area contributed by atoms with Crippen molar-refractivity contribution in [2.24, 2.45) is 0 Å². The second kappa shape index (κ2) is 9.50. The molecule has 1 N–H and O–H groups in total. The molecule has 29 heavy (non-hydrogen) atoms. The number of para-hydroxylation sites is 1. The van der Waals surface area contributed by atoms with E-state index in [0.29, 0.717) is 35.2 Å². The van der Waals surface area contributed by atoms with Crippen molar-refractivity contribution < 1.29 is 19.0 Å². The molecular formula is C23H24N2O4. The van der Waals surface area contributed by atoms with Crippen molar-refractivity contribution in [1.29, 1.82) is 0 Å². The third-order valence-corrected chi connectivity index (χ3v) is 4.32. The SMILES string of the molecule is CCN(C(=O)Nc1ccc(Oc2ccccc2)cc1)c1ccc(OC)c(OC)c1. The molecule has 0 atom stereocenters. The van der Waals surface area contributed by atoms with E-state index in [0.717, 1.165) is 5.75 Å². The van der Waals surface area contributed by atoms with E-state index < -0.39 is 0 Å². The number of rotatable bonds is 7. The number of hydrogen-bond donors (Lipinski definition) is 1. The largest absolute Gasteiger partial charge is 0.493 e. The minimum Gasteiger partial charge on any atom is -0.493 e. The van der Waals surface area contributed by atoms with E-state index in [-0.39, 0.29) is 6.03 Å². The average Bonchev–Trinajstić information content (AvgIpc) is 2.76. The number of nitrogens with zero attached hydrogens (tertiary/aromatic N) is 1. The average molecular weight is 392 g/mol. The van der Waals surface area contributed by atoms with Crippen molar-refractivity contribution >= 4 is 17.4 Å². The molecule has 2 amide bonds. The highest BCUT2D eigenvalue weighted by Crippen LogP contribution is 2.32. The van der Waals surface area contributed by atoms with Gasteiger partial charge in [0.25, 0.3) is 0 Å². The van der Waals surface area contributed by atoms with E-state index in [1.165, 1.54) is 0 Å². The molecule has 3 rings (SSSR count). The van der Waals surface area contributed by atoms with E-state index in [2.05, 4.69) is 5.32 Å². The Kier molecular flexibility index (Phi) is 6.58. The van der Waals surface area contributed by atoms with Gasteiger partial charge in [0.15, 0.2) is 11.5 Å². The van der Waals surface area contributed by atoms with Crippen molar-refractivity contribution in [3.8, 4) is 23.0 Å². The van der Waals surface area contributed by atoms with Crippen molar-refractivity contribution in [1.82, 2.24) is 0 Å². The third-order valence-electron chi connectivity index (χ3n) is 4.32. The molecule has 0 aliphatic heterocycles. The molecule has 0 saturated carbocycles. The van der Waals surface area contributed by atoms with Gasteiger partial charge in [-0.15, -0.1) is 0 Å². The van der Waals surface area contributed by atoms with E-state index in [1.54, 1.807) is 43.4 Å². The lowest BCUT2D eigenvalue weighted by Crippen LogP contribution is -2.34. The van der Waals surface area contributed by atoms with Crippen LogP contribution in [-0.4, -0.2) is 26.8 Å². The lowest BCUT2D eigenvalue weighted by Gasteiger charge is -2.22. The number of amides is 2. The van der Waals surface area contributed by atoms with Crippen LogP contribution in [0.25, 0.3) is 0 Å². The smallest absolute Gasteiger partial charge is 0.326 e. The zero-order valence-corrected chi connectivity index (χ0v) is 16.7. The van der Waals surface area contributed by atoms with Gasteiger partial charge in [-0.2, -0.15) is 0 Å². The van der Waals surface area contributed by atoms with Crippen molar-refractivity contribution in [3.63, 3.8) is 0 Å². The van der Waals surface area contributed by atoms with Crippen LogP contribution in [0.15, 0.2) is 72.8 Å². The highest BCUT2D eigenvalue weighted by atomic mass is 16.5. The van der Waals surface area contributed by atoms with Crippen LogP contribution in [0.3, 0.4) is 0 Å². The van der Waals surface area contributed by atoms with Crippen LogP contribution < -0.4 is 24.4 Å². The minimum absolute atomic E-state index is 0.239. The highest BCUT2D eigenvalue weighted by Gasteiger charge is 2.16. The Bertz CT molecular complexity index is 943. The summed E-state index contributed by atoms with van der Waals surface area (Å²) in [7, 11) is 3.14. The Labute approximate surface area is 170 Å². The molecule has 6 nitrogen and oxygen atoms in total. The second-order valence-electron chi connectivity index (χ2n) is 6.15. The van der Waals surface area contributed by atoms with Crippen LogP contribution in [0, 0.1) is 0 Å². The number of hydrogen-bond acceptors (Lipinski definition) is 4. The Balaban J connectivity index is 1.69. The Morgan fingerprint density at radius 1 is 0.862 bits per heavy atom. The molecule has 0 aliphatic rings. The fourth-order valence-corrected chi connectivity index (χ4v) is 2.86. The summed E-state index contributed by atoms with van der Waals surface area (Å²) >= 11 is 0. The van der Waals surface area contributed by atoms with E-state index in [4.69, 9.17) is 14.2 Å². The van der Waals surface area contributed by atoms with Gasteiger partial charge < -0.3 is 19.5 Å². The molecular weight excluding hydrogens is 368 g/mol. The molecule has 6 heteroatoms. The topological polar surface area (TPSA) is 60.0 Å². The van der Waals surface area contributed by atoms with Crippen LogP contribution in [0.2, 0.25) is 0 Å². The fraction of sp³-hybridized carbons (Fsp3) is 0.174. The number of benzene rings is 3. The number of anilines is 2. The summed E-state index contributed by atoms with van der Waals surface area (Å²) in [5.74, 6) is 2.64. The highest BCUT2D eigenvalue weighted by molar-refractivity contribution is 6.01. The predicted octanol–water partition coefficient (Wildman–Crippen LogP) is 5.55. The molecule has 150 valence electrons. The zero-order chi connectivity index (χ0) is 20.6. The van der Waals surface area contributed by atoms with Gasteiger partial charge in [-0.05, 0) is 55.5 Å². The summed E-state index contributed by atoms with van der Waals surface area (Å²) in [5.41, 5.74) is 1.39. The van der Waals surface area contributed by atoms with Gasteiger partial charge >= 0.3 is 6.03 Å². The summed E-state index contributed by atoms with van der Waals surface area (Å²) in [4.78, 5) is 14.4. The maximum atomic E-state index is 12.8. The Morgan fingerprint density at radius 2 is 1.52 bits per heavy atom. The van der Waals surface area contributed by atoms with Gasteiger partial charge in [-0.1, -0.05) is 18.2 Å². The van der Waals surface area contributed by atoms with Crippen LogP contribution in [-0.2, 0) is 0 Å². The predicted molar refractivity (Wildman–Crippen MR) is 115 cm³/mol. The number of carbonyl (C=O) groups excluding carboxylic acids is 1. The number of nitrogens with one attached hydrogen (secondary N) is 1. The fourth-order valence-electron chi connectivity index (χ4n) is 2.86. The molecule has 0 heterocycles. The standard InChI is InChI=1S/C23H24N2O4/c1-4-25(18-12-15-21(27-2)22(16-18)28-3)23(26)24-17-10-13-20(14-11-17)29-19-8-6-5-7-9-19/h5-16H,4H2,1-3H3,(H,24,26). The maximum Gasteiger partial charge on any atom is 0.326 e. The Morgan fingerprint density at radius 3 is 2.14 bits per heavy atom. The van der Waals surface area contributed by atoms with Crippen LogP contribution >= 0.6 is 0 Å². The number of methoxy groups -OCH3 is 2. The van der Waals surface area contributed by atoms with Crippen molar-refractivity contribution in [3.05, 3.63) is 72.8 Å². The van der Waals surface area contributed by atoms with Gasteiger partial charge in [-0.25, -0.2) is 4.79 Å². The van der Waals surface area contributed by atoms with Gasteiger partial charge in [0.05, 0.1) is 14.2 Å². The minimum atomic E-state index is -0.239. The number of carbonyl (C=O) groups is 1. The van der Waals surface area contributed by atoms with Gasteiger partial charge in [-0.3, -0.25) is 4.90 Å². The molecule has 0 bridgehead atoms. The third kappa shape index (κ3) is 4.99. The molecule has 0 fully saturated rings. The lowest BCUT2D eigenvalue weighted by molar-refractivity contribution is 0.257. The summed E-state index contributed by atoms with van der Waals surface area (Å²) in [5, 5.41) is 2.91. The molecule has 0 radical (unpaired) electrons. The van der Waals surface area contributed by atoms with Gasteiger partial charge in [0.2, 0.25) is 0 Å². The molecule has 3 aromatic carbocycles. The first kappa shape index (κ1) is 20.1. The van der Waals surface area contributed by atoms with E-state index in [9.17, 15) is 4.79 Å². The van der Waals surface area contributed by atoms with Crippen LogP contribution in [0.1, 0.15) is 6.92 Å². The lowest BCUT2D eigenvalue weighted by atomic mass is 10.2. The van der Waals surface area contributed by atoms with Crippen LogP contribution in [0.4, 0.5) is 16.2 Å². The summed E-state index contributed by atoms with van der Waals surface area (Å²) < 4.78 is 16.4. The first-order chi connectivity index (χ1) is 14.1. The molecule has 0 saturated heterocycles. The molecule has 0 unspecified atom stereocenters.